The van der Waals surface area contributed by atoms with Crippen LogP contribution in [0.5, 0.6) is 0 Å². The maximum absolute atomic E-state index is 12.9. The second-order valence-corrected chi connectivity index (χ2v) is 8.89. The van der Waals surface area contributed by atoms with Gasteiger partial charge in [0.25, 0.3) is 11.6 Å². The average molecular weight is 443 g/mol. The van der Waals surface area contributed by atoms with Crippen LogP contribution in [0, 0.1) is 10.1 Å². The van der Waals surface area contributed by atoms with Gasteiger partial charge in [-0.15, -0.1) is 0 Å². The molecule has 0 aliphatic carbocycles. The zero-order valence-electron chi connectivity index (χ0n) is 17.2. The number of morpholine rings is 1. The van der Waals surface area contributed by atoms with Crippen molar-refractivity contribution >= 4 is 34.7 Å². The zero-order valence-corrected chi connectivity index (χ0v) is 18.0. The van der Waals surface area contributed by atoms with Crippen molar-refractivity contribution < 1.29 is 14.5 Å². The summed E-state index contributed by atoms with van der Waals surface area (Å²) in [5.74, 6) is 1.74. The van der Waals surface area contributed by atoms with E-state index in [-0.39, 0.29) is 22.7 Å². The Morgan fingerprint density at radius 2 is 1.97 bits per heavy atom. The van der Waals surface area contributed by atoms with Crippen molar-refractivity contribution in [3.05, 3.63) is 64.2 Å². The SMILES string of the molecule is O=C(NCC1(N2CCOCC2)CCSC1)c1ccc(Nc2ccccc2)c([N+](=O)[O-])c1. The van der Waals surface area contributed by atoms with Gasteiger partial charge in [-0.1, -0.05) is 18.2 Å². The number of ether oxygens (including phenoxy) is 1. The molecule has 2 aliphatic rings. The molecule has 2 saturated heterocycles. The number of carbonyl (C=O) groups excluding carboxylic acids is 1. The van der Waals surface area contributed by atoms with E-state index in [1.54, 1.807) is 12.1 Å². The average Bonchev–Trinajstić information content (AvgIpc) is 3.29. The van der Waals surface area contributed by atoms with E-state index in [1.807, 2.05) is 42.1 Å². The second kappa shape index (κ2) is 9.67. The van der Waals surface area contributed by atoms with Crippen LogP contribution in [-0.2, 0) is 4.74 Å². The Balaban J connectivity index is 1.47. The number of rotatable bonds is 7. The maximum atomic E-state index is 12.9. The van der Waals surface area contributed by atoms with E-state index in [1.165, 1.54) is 6.07 Å². The Morgan fingerprint density at radius 1 is 1.19 bits per heavy atom. The predicted molar refractivity (Wildman–Crippen MR) is 122 cm³/mol. The minimum Gasteiger partial charge on any atom is -0.379 e. The van der Waals surface area contributed by atoms with Crippen molar-refractivity contribution in [1.82, 2.24) is 10.2 Å². The summed E-state index contributed by atoms with van der Waals surface area (Å²) in [4.78, 5) is 26.4. The summed E-state index contributed by atoms with van der Waals surface area (Å²) in [5, 5.41) is 17.7. The first kappa shape index (κ1) is 21.6. The van der Waals surface area contributed by atoms with Crippen LogP contribution in [-0.4, -0.2) is 65.6 Å². The summed E-state index contributed by atoms with van der Waals surface area (Å²) in [6, 6.07) is 13.8. The molecule has 0 bridgehead atoms. The van der Waals surface area contributed by atoms with Gasteiger partial charge in [-0.25, -0.2) is 0 Å². The fraction of sp³-hybridized carbons (Fsp3) is 0.409. The van der Waals surface area contributed by atoms with E-state index in [0.717, 1.165) is 36.7 Å². The van der Waals surface area contributed by atoms with Gasteiger partial charge in [-0.2, -0.15) is 11.8 Å². The summed E-state index contributed by atoms with van der Waals surface area (Å²) < 4.78 is 5.48. The number of benzene rings is 2. The van der Waals surface area contributed by atoms with Crippen molar-refractivity contribution in [3.63, 3.8) is 0 Å². The summed E-state index contributed by atoms with van der Waals surface area (Å²) >= 11 is 1.90. The molecule has 2 fully saturated rings. The van der Waals surface area contributed by atoms with Crippen LogP contribution in [0.3, 0.4) is 0 Å². The Labute approximate surface area is 185 Å². The Kier molecular flexibility index (Phi) is 6.74. The van der Waals surface area contributed by atoms with Crippen LogP contribution in [0.2, 0.25) is 0 Å². The maximum Gasteiger partial charge on any atom is 0.293 e. The number of carbonyl (C=O) groups is 1. The molecule has 2 N–H and O–H groups in total. The molecule has 0 spiro atoms. The topological polar surface area (TPSA) is 96.7 Å². The number of anilines is 2. The third-order valence-electron chi connectivity index (χ3n) is 5.85. The lowest BCUT2D eigenvalue weighted by Gasteiger charge is -2.43. The van der Waals surface area contributed by atoms with Gasteiger partial charge in [0.2, 0.25) is 0 Å². The Bertz CT molecular complexity index is 928. The first-order chi connectivity index (χ1) is 15.1. The highest BCUT2D eigenvalue weighted by atomic mass is 32.2. The number of amides is 1. The molecule has 2 aromatic carbocycles. The third-order valence-corrected chi connectivity index (χ3v) is 7.09. The molecule has 8 nitrogen and oxygen atoms in total. The fourth-order valence-electron chi connectivity index (χ4n) is 4.09. The van der Waals surface area contributed by atoms with Gasteiger partial charge >= 0.3 is 0 Å². The third kappa shape index (κ3) is 5.00. The van der Waals surface area contributed by atoms with Crippen molar-refractivity contribution in [2.45, 2.75) is 12.0 Å². The lowest BCUT2D eigenvalue weighted by atomic mass is 9.95. The van der Waals surface area contributed by atoms with Gasteiger partial charge in [-0.05, 0) is 36.4 Å². The lowest BCUT2D eigenvalue weighted by Crippen LogP contribution is -2.59. The first-order valence-corrected chi connectivity index (χ1v) is 11.5. The molecular weight excluding hydrogens is 416 g/mol. The van der Waals surface area contributed by atoms with Crippen LogP contribution >= 0.6 is 11.8 Å². The number of nitro groups is 1. The number of thioether (sulfide) groups is 1. The number of para-hydroxylation sites is 1. The van der Waals surface area contributed by atoms with Crippen molar-refractivity contribution in [2.75, 3.05) is 49.7 Å². The van der Waals surface area contributed by atoms with E-state index in [4.69, 9.17) is 4.74 Å². The molecule has 9 heteroatoms. The van der Waals surface area contributed by atoms with E-state index >= 15 is 0 Å². The van der Waals surface area contributed by atoms with Gasteiger partial charge in [0.1, 0.15) is 5.69 Å². The number of nitro benzene ring substituents is 1. The van der Waals surface area contributed by atoms with Crippen LogP contribution in [0.15, 0.2) is 48.5 Å². The highest BCUT2D eigenvalue weighted by Crippen LogP contribution is 2.34. The monoisotopic (exact) mass is 442 g/mol. The first-order valence-electron chi connectivity index (χ1n) is 10.4. The smallest absolute Gasteiger partial charge is 0.293 e. The van der Waals surface area contributed by atoms with Gasteiger partial charge < -0.3 is 15.4 Å². The molecule has 0 aromatic heterocycles. The normalized spacial score (nSPS) is 21.5. The molecule has 2 aliphatic heterocycles. The molecule has 0 saturated carbocycles. The second-order valence-electron chi connectivity index (χ2n) is 7.79. The summed E-state index contributed by atoms with van der Waals surface area (Å²) in [6.45, 7) is 3.67. The molecule has 1 atom stereocenters. The van der Waals surface area contributed by atoms with Crippen molar-refractivity contribution in [2.24, 2.45) is 0 Å². The van der Waals surface area contributed by atoms with E-state index in [9.17, 15) is 14.9 Å². The standard InChI is InChI=1S/C22H26N4O4S/c27-21(23-15-22(8-13-31-16-22)25-9-11-30-12-10-25)17-6-7-19(20(14-17)26(28)29)24-18-4-2-1-3-5-18/h1-7,14,24H,8-13,15-16H2,(H,23,27). The largest absolute Gasteiger partial charge is 0.379 e. The number of nitrogens with zero attached hydrogens (tertiary/aromatic N) is 2. The Hall–Kier alpha value is -2.62. The number of nitrogens with one attached hydrogen (secondary N) is 2. The van der Waals surface area contributed by atoms with Gasteiger partial charge in [-0.3, -0.25) is 19.8 Å². The fourth-order valence-corrected chi connectivity index (χ4v) is 5.57. The lowest BCUT2D eigenvalue weighted by molar-refractivity contribution is -0.383. The molecule has 1 amide bonds. The summed E-state index contributed by atoms with van der Waals surface area (Å²) in [6.07, 6.45) is 1.01. The highest BCUT2D eigenvalue weighted by Gasteiger charge is 2.41. The molecule has 0 radical (unpaired) electrons. The molecule has 2 aromatic rings. The Morgan fingerprint density at radius 3 is 2.65 bits per heavy atom. The van der Waals surface area contributed by atoms with Crippen molar-refractivity contribution in [3.8, 4) is 0 Å². The number of hydrogen-bond donors (Lipinski definition) is 2. The minimum absolute atomic E-state index is 0.0785. The molecule has 164 valence electrons. The molecule has 2 heterocycles. The van der Waals surface area contributed by atoms with Crippen LogP contribution in [0.25, 0.3) is 0 Å². The zero-order chi connectivity index (χ0) is 21.7. The van der Waals surface area contributed by atoms with E-state index < -0.39 is 4.92 Å². The van der Waals surface area contributed by atoms with Gasteiger partial charge in [0, 0.05) is 48.2 Å². The van der Waals surface area contributed by atoms with Crippen LogP contribution in [0.4, 0.5) is 17.1 Å². The number of hydrogen-bond acceptors (Lipinski definition) is 7. The molecule has 31 heavy (non-hydrogen) atoms. The minimum atomic E-state index is -0.467. The summed E-state index contributed by atoms with van der Waals surface area (Å²) in [5.41, 5.74) is 1.17. The molecule has 1 unspecified atom stereocenters. The van der Waals surface area contributed by atoms with Crippen molar-refractivity contribution in [1.29, 1.82) is 0 Å². The summed E-state index contributed by atoms with van der Waals surface area (Å²) in [7, 11) is 0. The van der Waals surface area contributed by atoms with Crippen LogP contribution in [0.1, 0.15) is 16.8 Å². The highest BCUT2D eigenvalue weighted by molar-refractivity contribution is 7.99. The van der Waals surface area contributed by atoms with E-state index in [2.05, 4.69) is 15.5 Å². The quantitative estimate of drug-likeness (QED) is 0.502. The van der Waals surface area contributed by atoms with Crippen LogP contribution < -0.4 is 10.6 Å². The van der Waals surface area contributed by atoms with Gasteiger partial charge in [0.05, 0.1) is 18.1 Å². The molecule has 4 rings (SSSR count). The molecular formula is C22H26N4O4S. The predicted octanol–water partition coefficient (Wildman–Crippen LogP) is 3.28. The van der Waals surface area contributed by atoms with E-state index in [0.29, 0.717) is 25.4 Å². The van der Waals surface area contributed by atoms with Gasteiger partial charge in [0.15, 0.2) is 0 Å².